The summed E-state index contributed by atoms with van der Waals surface area (Å²) in [4.78, 5) is 3.27. The quantitative estimate of drug-likeness (QED) is 0.412. The van der Waals surface area contributed by atoms with Crippen LogP contribution in [0.5, 0.6) is 0 Å². The van der Waals surface area contributed by atoms with E-state index in [9.17, 15) is 4.39 Å². The van der Waals surface area contributed by atoms with Crippen molar-refractivity contribution in [1.29, 1.82) is 0 Å². The molecule has 0 aliphatic carbocycles. The van der Waals surface area contributed by atoms with Crippen LogP contribution < -0.4 is 5.46 Å². The van der Waals surface area contributed by atoms with E-state index in [-0.39, 0.29) is 5.46 Å². The van der Waals surface area contributed by atoms with Gasteiger partial charge in [-0.1, -0.05) is 0 Å². The smallest absolute Gasteiger partial charge is 0.423 e. The summed E-state index contributed by atoms with van der Waals surface area (Å²) in [6.07, 6.45) is 1.11. The molecule has 0 amide bonds. The molecule has 0 unspecified atom stereocenters. The van der Waals surface area contributed by atoms with Gasteiger partial charge in [0.15, 0.2) is 0 Å². The standard InChI is InChI=1S/C6H7BFNO2/c1-4-2-6(8)9-3-5(4)7(10)11/h2-3,10-11H,1H3. The van der Waals surface area contributed by atoms with Crippen molar-refractivity contribution in [3.05, 3.63) is 23.8 Å². The monoisotopic (exact) mass is 155 g/mol. The van der Waals surface area contributed by atoms with E-state index in [0.29, 0.717) is 5.56 Å². The molecule has 2 N–H and O–H groups in total. The van der Waals surface area contributed by atoms with Gasteiger partial charge >= 0.3 is 7.12 Å². The Morgan fingerprint density at radius 1 is 1.55 bits per heavy atom. The highest BCUT2D eigenvalue weighted by atomic mass is 19.1. The highest BCUT2D eigenvalue weighted by molar-refractivity contribution is 6.59. The Kier molecular flexibility index (Phi) is 2.21. The van der Waals surface area contributed by atoms with Gasteiger partial charge in [0.1, 0.15) is 0 Å². The van der Waals surface area contributed by atoms with Crippen molar-refractivity contribution in [1.82, 2.24) is 4.98 Å². The third kappa shape index (κ3) is 1.75. The summed E-state index contributed by atoms with van der Waals surface area (Å²) >= 11 is 0. The first-order chi connectivity index (χ1) is 5.11. The lowest BCUT2D eigenvalue weighted by molar-refractivity contribution is 0.425. The fourth-order valence-electron chi connectivity index (χ4n) is 0.803. The molecule has 1 aromatic rings. The maximum Gasteiger partial charge on any atom is 0.490 e. The normalized spacial score (nSPS) is 9.82. The average Bonchev–Trinajstić information content (AvgIpc) is 1.85. The van der Waals surface area contributed by atoms with Crippen LogP contribution in [-0.2, 0) is 0 Å². The fourth-order valence-corrected chi connectivity index (χ4v) is 0.803. The van der Waals surface area contributed by atoms with Crippen LogP contribution in [-0.4, -0.2) is 22.2 Å². The number of rotatable bonds is 1. The molecule has 0 aliphatic rings. The van der Waals surface area contributed by atoms with Crippen molar-refractivity contribution < 1.29 is 14.4 Å². The van der Waals surface area contributed by atoms with Crippen molar-refractivity contribution in [2.75, 3.05) is 0 Å². The predicted octanol–water partition coefficient (Wildman–Crippen LogP) is -0.791. The van der Waals surface area contributed by atoms with Crippen molar-refractivity contribution in [3.63, 3.8) is 0 Å². The van der Waals surface area contributed by atoms with E-state index in [1.165, 1.54) is 0 Å². The second-order valence-corrected chi connectivity index (χ2v) is 2.24. The minimum Gasteiger partial charge on any atom is -0.423 e. The Morgan fingerprint density at radius 2 is 2.18 bits per heavy atom. The fraction of sp³-hybridized carbons (Fsp3) is 0.167. The molecular formula is C6H7BFNO2. The van der Waals surface area contributed by atoms with Crippen LogP contribution in [0.15, 0.2) is 12.3 Å². The van der Waals surface area contributed by atoms with Gasteiger partial charge in [-0.2, -0.15) is 4.39 Å². The van der Waals surface area contributed by atoms with Gasteiger partial charge in [-0.3, -0.25) is 0 Å². The summed E-state index contributed by atoms with van der Waals surface area (Å²) in [5.41, 5.74) is 0.707. The molecular weight excluding hydrogens is 148 g/mol. The van der Waals surface area contributed by atoms with Crippen molar-refractivity contribution >= 4 is 12.6 Å². The Hall–Kier alpha value is -0.935. The predicted molar refractivity (Wildman–Crippen MR) is 38.8 cm³/mol. The number of nitrogens with zero attached hydrogens (tertiary/aromatic N) is 1. The lowest BCUT2D eigenvalue weighted by Crippen LogP contribution is -2.32. The number of pyridine rings is 1. The van der Waals surface area contributed by atoms with Crippen LogP contribution in [0, 0.1) is 12.9 Å². The Bertz CT molecular complexity index is 267. The van der Waals surface area contributed by atoms with Gasteiger partial charge in [0, 0.05) is 11.7 Å². The van der Waals surface area contributed by atoms with Crippen molar-refractivity contribution in [2.45, 2.75) is 6.92 Å². The van der Waals surface area contributed by atoms with Gasteiger partial charge < -0.3 is 10.0 Å². The van der Waals surface area contributed by atoms with Crippen LogP contribution in [0.1, 0.15) is 5.56 Å². The molecule has 0 saturated heterocycles. The second-order valence-electron chi connectivity index (χ2n) is 2.24. The molecule has 0 spiro atoms. The third-order valence-corrected chi connectivity index (χ3v) is 1.40. The Labute approximate surface area is 63.7 Å². The summed E-state index contributed by atoms with van der Waals surface area (Å²) in [6, 6.07) is 1.15. The molecule has 1 aromatic heterocycles. The Morgan fingerprint density at radius 3 is 2.64 bits per heavy atom. The van der Waals surface area contributed by atoms with Crippen LogP contribution in [0.25, 0.3) is 0 Å². The number of aryl methyl sites for hydroxylation is 1. The minimum absolute atomic E-state index is 0.228. The molecule has 3 nitrogen and oxygen atoms in total. The van der Waals surface area contributed by atoms with E-state index < -0.39 is 13.1 Å². The zero-order valence-electron chi connectivity index (χ0n) is 5.95. The first-order valence-electron chi connectivity index (χ1n) is 3.09. The van der Waals surface area contributed by atoms with Gasteiger partial charge in [-0.25, -0.2) is 4.98 Å². The first kappa shape index (κ1) is 8.16. The molecule has 0 bridgehead atoms. The zero-order valence-corrected chi connectivity index (χ0v) is 5.95. The minimum atomic E-state index is -1.58. The molecule has 0 aromatic carbocycles. The average molecular weight is 155 g/mol. The lowest BCUT2D eigenvalue weighted by atomic mass is 9.79. The number of hydrogen-bond acceptors (Lipinski definition) is 3. The third-order valence-electron chi connectivity index (χ3n) is 1.40. The van der Waals surface area contributed by atoms with Gasteiger partial charge in [-0.15, -0.1) is 0 Å². The summed E-state index contributed by atoms with van der Waals surface area (Å²) in [5.74, 6) is -0.619. The highest BCUT2D eigenvalue weighted by Gasteiger charge is 2.14. The topological polar surface area (TPSA) is 53.4 Å². The number of halogens is 1. The molecule has 1 heterocycles. The molecule has 5 heteroatoms. The second kappa shape index (κ2) is 2.98. The molecule has 11 heavy (non-hydrogen) atoms. The Balaban J connectivity index is 3.09. The SMILES string of the molecule is Cc1cc(F)ncc1B(O)O. The van der Waals surface area contributed by atoms with E-state index in [0.717, 1.165) is 12.3 Å². The van der Waals surface area contributed by atoms with E-state index >= 15 is 0 Å². The van der Waals surface area contributed by atoms with Crippen molar-refractivity contribution in [2.24, 2.45) is 0 Å². The van der Waals surface area contributed by atoms with E-state index in [4.69, 9.17) is 10.0 Å². The maximum absolute atomic E-state index is 12.3. The summed E-state index contributed by atoms with van der Waals surface area (Å²) in [7, 11) is -1.58. The highest BCUT2D eigenvalue weighted by Crippen LogP contribution is 1.95. The number of hydrogen-bond donors (Lipinski definition) is 2. The van der Waals surface area contributed by atoms with Crippen LogP contribution >= 0.6 is 0 Å². The van der Waals surface area contributed by atoms with Crippen LogP contribution in [0.4, 0.5) is 4.39 Å². The van der Waals surface area contributed by atoms with E-state index in [2.05, 4.69) is 4.98 Å². The first-order valence-corrected chi connectivity index (χ1v) is 3.09. The van der Waals surface area contributed by atoms with E-state index in [1.807, 2.05) is 0 Å². The number of aromatic nitrogens is 1. The molecule has 0 fully saturated rings. The largest absolute Gasteiger partial charge is 0.490 e. The van der Waals surface area contributed by atoms with Crippen LogP contribution in [0.2, 0.25) is 0 Å². The van der Waals surface area contributed by atoms with Gasteiger partial charge in [0.2, 0.25) is 5.95 Å². The van der Waals surface area contributed by atoms with Gasteiger partial charge in [0.05, 0.1) is 0 Å². The molecule has 58 valence electrons. The lowest BCUT2D eigenvalue weighted by Gasteiger charge is -2.01. The molecule has 1 rings (SSSR count). The molecule has 0 atom stereocenters. The maximum atomic E-state index is 12.3. The molecule has 0 radical (unpaired) electrons. The molecule has 0 saturated carbocycles. The van der Waals surface area contributed by atoms with Gasteiger partial charge in [0.25, 0.3) is 0 Å². The molecule has 0 aliphatic heterocycles. The van der Waals surface area contributed by atoms with Gasteiger partial charge in [-0.05, 0) is 18.6 Å². The summed E-state index contributed by atoms with van der Waals surface area (Å²) in [5, 5.41) is 17.4. The summed E-state index contributed by atoms with van der Waals surface area (Å²) in [6.45, 7) is 1.58. The van der Waals surface area contributed by atoms with E-state index in [1.54, 1.807) is 6.92 Å². The van der Waals surface area contributed by atoms with Crippen LogP contribution in [0.3, 0.4) is 0 Å². The summed E-state index contributed by atoms with van der Waals surface area (Å²) < 4.78 is 12.3. The van der Waals surface area contributed by atoms with Crippen molar-refractivity contribution in [3.8, 4) is 0 Å². The zero-order chi connectivity index (χ0) is 8.43.